The van der Waals surface area contributed by atoms with Crippen LogP contribution < -0.4 is 4.90 Å². The van der Waals surface area contributed by atoms with Crippen LogP contribution in [0.3, 0.4) is 0 Å². The van der Waals surface area contributed by atoms with Crippen molar-refractivity contribution in [2.75, 3.05) is 11.9 Å². The van der Waals surface area contributed by atoms with Gasteiger partial charge in [-0.05, 0) is 22.0 Å². The van der Waals surface area contributed by atoms with Crippen LogP contribution in [-0.4, -0.2) is 27.7 Å². The molecule has 0 spiro atoms. The summed E-state index contributed by atoms with van der Waals surface area (Å²) in [6.45, 7) is 0. The van der Waals surface area contributed by atoms with Gasteiger partial charge in [-0.1, -0.05) is 11.3 Å². The maximum Gasteiger partial charge on any atom is 0.234 e. The van der Waals surface area contributed by atoms with Crippen molar-refractivity contribution >= 4 is 38.3 Å². The average Bonchev–Trinajstić information content (AvgIpc) is 2.87. The molecule has 0 N–H and O–H groups in total. The normalized spacial score (nSPS) is 10.5. The minimum Gasteiger partial charge on any atom is -0.291 e. The first-order chi connectivity index (χ1) is 8.06. The first-order valence-corrected chi connectivity index (χ1v) is 6.53. The summed E-state index contributed by atoms with van der Waals surface area (Å²) in [4.78, 5) is 17.6. The second-order valence-electron chi connectivity index (χ2n) is 3.56. The minimum absolute atomic E-state index is 0.0226. The van der Waals surface area contributed by atoms with E-state index in [1.54, 1.807) is 22.8 Å². The van der Waals surface area contributed by atoms with E-state index in [1.165, 1.54) is 11.3 Å². The zero-order chi connectivity index (χ0) is 12.4. The summed E-state index contributed by atoms with van der Waals surface area (Å²) in [7, 11) is 3.55. The van der Waals surface area contributed by atoms with Gasteiger partial charge in [0.1, 0.15) is 0 Å². The van der Waals surface area contributed by atoms with E-state index in [9.17, 15) is 4.79 Å². The highest BCUT2D eigenvalue weighted by atomic mass is 79.9. The lowest BCUT2D eigenvalue weighted by Gasteiger charge is -2.12. The first kappa shape index (κ1) is 12.3. The predicted octanol–water partition coefficient (Wildman–Crippen LogP) is 1.84. The van der Waals surface area contributed by atoms with Crippen LogP contribution in [0.2, 0.25) is 0 Å². The summed E-state index contributed by atoms with van der Waals surface area (Å²) in [5, 5.41) is 4.85. The van der Waals surface area contributed by atoms with Gasteiger partial charge in [0.05, 0.1) is 22.1 Å². The Balaban J connectivity index is 2.05. The summed E-state index contributed by atoms with van der Waals surface area (Å²) < 4.78 is 2.59. The molecule has 0 atom stereocenters. The van der Waals surface area contributed by atoms with Crippen molar-refractivity contribution in [3.05, 3.63) is 27.9 Å². The van der Waals surface area contributed by atoms with Crippen LogP contribution in [0.25, 0.3) is 0 Å². The van der Waals surface area contributed by atoms with E-state index in [-0.39, 0.29) is 12.3 Å². The molecule has 0 aliphatic heterocycles. The van der Waals surface area contributed by atoms with Gasteiger partial charge in [0, 0.05) is 20.3 Å². The highest BCUT2D eigenvalue weighted by Gasteiger charge is 2.15. The molecule has 17 heavy (non-hydrogen) atoms. The second-order valence-corrected chi connectivity index (χ2v) is 5.95. The van der Waals surface area contributed by atoms with Crippen molar-refractivity contribution in [3.63, 3.8) is 0 Å². The number of rotatable bonds is 3. The Morgan fingerprint density at radius 1 is 1.65 bits per heavy atom. The molecule has 0 aliphatic carbocycles. The van der Waals surface area contributed by atoms with Gasteiger partial charge < -0.3 is 0 Å². The third kappa shape index (κ3) is 2.92. The van der Waals surface area contributed by atoms with E-state index in [0.717, 1.165) is 9.48 Å². The van der Waals surface area contributed by atoms with Crippen molar-refractivity contribution < 1.29 is 4.79 Å². The third-order valence-electron chi connectivity index (χ3n) is 2.23. The number of carbonyl (C=O) groups is 1. The largest absolute Gasteiger partial charge is 0.291 e. The Labute approximate surface area is 111 Å². The lowest BCUT2D eigenvalue weighted by Crippen LogP contribution is -2.27. The van der Waals surface area contributed by atoms with Gasteiger partial charge in [0.25, 0.3) is 0 Å². The minimum atomic E-state index is -0.0226. The zero-order valence-corrected chi connectivity index (χ0v) is 11.8. The maximum atomic E-state index is 12.0. The molecule has 2 aromatic heterocycles. The van der Waals surface area contributed by atoms with Gasteiger partial charge in [0.15, 0.2) is 5.13 Å². The molecular weight excluding hydrogens is 304 g/mol. The van der Waals surface area contributed by atoms with Gasteiger partial charge in [-0.3, -0.25) is 14.4 Å². The fourth-order valence-electron chi connectivity index (χ4n) is 1.34. The van der Waals surface area contributed by atoms with Crippen LogP contribution in [0, 0.1) is 0 Å². The molecule has 0 saturated carbocycles. The smallest absolute Gasteiger partial charge is 0.234 e. The number of aryl methyl sites for hydroxylation is 1. The van der Waals surface area contributed by atoms with E-state index in [2.05, 4.69) is 26.0 Å². The third-order valence-corrected chi connectivity index (χ3v) is 3.78. The molecule has 0 radical (unpaired) electrons. The molecule has 2 rings (SSSR count). The topological polar surface area (TPSA) is 51.0 Å². The molecule has 0 aliphatic rings. The lowest BCUT2D eigenvalue weighted by molar-refractivity contribution is -0.117. The van der Waals surface area contributed by atoms with Crippen LogP contribution >= 0.6 is 27.3 Å². The van der Waals surface area contributed by atoms with E-state index in [1.807, 2.05) is 19.3 Å². The van der Waals surface area contributed by atoms with E-state index in [0.29, 0.717) is 5.13 Å². The summed E-state index contributed by atoms with van der Waals surface area (Å²) in [5.41, 5.74) is 0.764. The standard InChI is InChI=1S/C10H11BrN4OS/c1-14-4-3-7(13-14)5-9(16)15(2)10-12-6-8(11)17-10/h3-4,6H,5H2,1-2H3. The molecule has 0 fully saturated rings. The Kier molecular flexibility index (Phi) is 3.58. The Morgan fingerprint density at radius 3 is 2.94 bits per heavy atom. The van der Waals surface area contributed by atoms with Gasteiger partial charge in [-0.15, -0.1) is 0 Å². The quantitative estimate of drug-likeness (QED) is 0.868. The van der Waals surface area contributed by atoms with E-state index < -0.39 is 0 Å². The van der Waals surface area contributed by atoms with Gasteiger partial charge in [-0.2, -0.15) is 5.10 Å². The molecule has 0 aromatic carbocycles. The van der Waals surface area contributed by atoms with Crippen molar-refractivity contribution in [2.45, 2.75) is 6.42 Å². The van der Waals surface area contributed by atoms with Crippen LogP contribution in [0.1, 0.15) is 5.69 Å². The monoisotopic (exact) mass is 314 g/mol. The second kappa shape index (κ2) is 4.97. The van der Waals surface area contributed by atoms with Gasteiger partial charge in [-0.25, -0.2) is 4.98 Å². The highest BCUT2D eigenvalue weighted by Crippen LogP contribution is 2.26. The predicted molar refractivity (Wildman–Crippen MR) is 70.1 cm³/mol. The Hall–Kier alpha value is -1.21. The van der Waals surface area contributed by atoms with Gasteiger partial charge in [0.2, 0.25) is 5.91 Å². The fraction of sp³-hybridized carbons (Fsp3) is 0.300. The highest BCUT2D eigenvalue weighted by molar-refractivity contribution is 9.11. The van der Waals surface area contributed by atoms with Crippen molar-refractivity contribution in [1.29, 1.82) is 0 Å². The van der Waals surface area contributed by atoms with Crippen LogP contribution in [-0.2, 0) is 18.3 Å². The molecule has 2 heterocycles. The average molecular weight is 315 g/mol. The number of anilines is 1. The molecule has 7 heteroatoms. The molecule has 90 valence electrons. The molecule has 1 amide bonds. The first-order valence-electron chi connectivity index (χ1n) is 4.92. The van der Waals surface area contributed by atoms with E-state index >= 15 is 0 Å². The number of hydrogen-bond donors (Lipinski definition) is 0. The van der Waals surface area contributed by atoms with Crippen molar-refractivity contribution in [3.8, 4) is 0 Å². The number of nitrogens with zero attached hydrogens (tertiary/aromatic N) is 4. The Morgan fingerprint density at radius 2 is 2.41 bits per heavy atom. The van der Waals surface area contributed by atoms with E-state index in [4.69, 9.17) is 0 Å². The summed E-state index contributed by atoms with van der Waals surface area (Å²) in [6, 6.07) is 1.84. The number of carbonyl (C=O) groups excluding carboxylic acids is 1. The molecule has 5 nitrogen and oxygen atoms in total. The zero-order valence-electron chi connectivity index (χ0n) is 9.42. The molecule has 0 saturated heterocycles. The number of likely N-dealkylation sites (N-methyl/N-ethyl adjacent to an activating group) is 1. The van der Waals surface area contributed by atoms with Gasteiger partial charge >= 0.3 is 0 Å². The van der Waals surface area contributed by atoms with Crippen LogP contribution in [0.5, 0.6) is 0 Å². The molecule has 0 bridgehead atoms. The molecule has 0 unspecified atom stereocenters. The number of amides is 1. The van der Waals surface area contributed by atoms with Crippen molar-refractivity contribution in [2.24, 2.45) is 7.05 Å². The maximum absolute atomic E-state index is 12.0. The van der Waals surface area contributed by atoms with Crippen LogP contribution in [0.4, 0.5) is 5.13 Å². The Bertz CT molecular complexity index is 536. The SMILES string of the molecule is CN(C(=O)Cc1ccn(C)n1)c1ncc(Br)s1. The fourth-order valence-corrected chi connectivity index (χ4v) is 2.50. The van der Waals surface area contributed by atoms with Crippen LogP contribution in [0.15, 0.2) is 22.2 Å². The number of thiazole rings is 1. The molecular formula is C10H11BrN4OS. The summed E-state index contributed by atoms with van der Waals surface area (Å²) in [5.74, 6) is -0.0226. The summed E-state index contributed by atoms with van der Waals surface area (Å²) >= 11 is 4.75. The lowest BCUT2D eigenvalue weighted by atomic mass is 10.3. The van der Waals surface area contributed by atoms with Crippen molar-refractivity contribution in [1.82, 2.24) is 14.8 Å². The number of halogens is 1. The summed E-state index contributed by atoms with van der Waals surface area (Å²) in [6.07, 6.45) is 3.79. The molecule has 2 aromatic rings. The number of aromatic nitrogens is 3. The number of hydrogen-bond acceptors (Lipinski definition) is 4.